The lowest BCUT2D eigenvalue weighted by Gasteiger charge is -2.55. The molecule has 1 N–H and O–H groups in total. The van der Waals surface area contributed by atoms with Crippen molar-refractivity contribution in [2.75, 3.05) is 18.5 Å². The topological polar surface area (TPSA) is 64.6 Å². The van der Waals surface area contributed by atoms with E-state index in [1.54, 1.807) is 0 Å². The van der Waals surface area contributed by atoms with E-state index in [1.165, 1.54) is 30.6 Å². The van der Waals surface area contributed by atoms with Gasteiger partial charge in [-0.05, 0) is 75.2 Å². The number of hydrogen-bond donors (Lipinski definition) is 1. The molecule has 1 aromatic rings. The van der Waals surface area contributed by atoms with E-state index >= 15 is 0 Å². The average molecular weight is 390 g/mol. The van der Waals surface area contributed by atoms with Crippen LogP contribution in [0.15, 0.2) is 0 Å². The molecule has 4 bridgehead atoms. The minimum Gasteiger partial charge on any atom is -0.462 e. The third kappa shape index (κ3) is 2.92. The summed E-state index contributed by atoms with van der Waals surface area (Å²) in [5, 5.41) is 3.86. The fourth-order valence-corrected chi connectivity index (χ4v) is 7.53. The molecule has 5 nitrogen and oxygen atoms in total. The number of amides is 1. The van der Waals surface area contributed by atoms with Crippen LogP contribution < -0.4 is 5.32 Å². The van der Waals surface area contributed by atoms with Gasteiger partial charge in [-0.15, -0.1) is 11.3 Å². The number of fused-ring (bicyclic) bond motifs is 1. The van der Waals surface area contributed by atoms with Gasteiger partial charge in [0.1, 0.15) is 5.00 Å². The maximum absolute atomic E-state index is 13.4. The molecule has 0 unspecified atom stereocenters. The van der Waals surface area contributed by atoms with E-state index in [-0.39, 0.29) is 17.3 Å². The second kappa shape index (κ2) is 6.59. The lowest BCUT2D eigenvalue weighted by Crippen LogP contribution is -2.51. The molecule has 0 radical (unpaired) electrons. The predicted molar refractivity (Wildman–Crippen MR) is 103 cm³/mol. The second-order valence-electron chi connectivity index (χ2n) is 8.88. The molecule has 0 aromatic carbocycles. The third-order valence-electron chi connectivity index (χ3n) is 7.05. The summed E-state index contributed by atoms with van der Waals surface area (Å²) in [6.07, 6.45) is 7.70. The fraction of sp³-hybridized carbons (Fsp3) is 0.714. The van der Waals surface area contributed by atoms with Gasteiger partial charge in [0.25, 0.3) is 0 Å². The van der Waals surface area contributed by atoms with E-state index in [1.807, 2.05) is 6.92 Å². The zero-order chi connectivity index (χ0) is 18.6. The van der Waals surface area contributed by atoms with E-state index in [0.717, 1.165) is 47.5 Å². The molecule has 1 aliphatic heterocycles. The molecule has 0 saturated heterocycles. The van der Waals surface area contributed by atoms with Gasteiger partial charge in [-0.25, -0.2) is 4.79 Å². The highest BCUT2D eigenvalue weighted by atomic mass is 32.1. The van der Waals surface area contributed by atoms with Crippen LogP contribution in [-0.2, 0) is 27.3 Å². The number of rotatable bonds is 4. The highest BCUT2D eigenvalue weighted by Gasteiger charge is 2.54. The smallest absolute Gasteiger partial charge is 0.341 e. The minimum atomic E-state index is -0.322. The lowest BCUT2D eigenvalue weighted by atomic mass is 9.49. The van der Waals surface area contributed by atoms with Gasteiger partial charge in [0.15, 0.2) is 0 Å². The summed E-state index contributed by atoms with van der Waals surface area (Å²) in [7, 11) is 0. The molecule has 1 amide bonds. The molecule has 6 heteroatoms. The van der Waals surface area contributed by atoms with Crippen molar-refractivity contribution in [3.8, 4) is 0 Å². The normalized spacial score (nSPS) is 33.6. The molecular weight excluding hydrogens is 362 g/mol. The van der Waals surface area contributed by atoms with Crippen molar-refractivity contribution in [2.45, 2.75) is 58.5 Å². The van der Waals surface area contributed by atoms with E-state index in [4.69, 9.17) is 9.47 Å². The Hall–Kier alpha value is -1.40. The van der Waals surface area contributed by atoms with Crippen LogP contribution in [0.3, 0.4) is 0 Å². The number of hydrogen-bond acceptors (Lipinski definition) is 5. The highest BCUT2D eigenvalue weighted by Crippen LogP contribution is 2.60. The largest absolute Gasteiger partial charge is 0.462 e. The van der Waals surface area contributed by atoms with Crippen molar-refractivity contribution >= 4 is 28.2 Å². The molecule has 6 rings (SSSR count). The van der Waals surface area contributed by atoms with Gasteiger partial charge in [-0.2, -0.15) is 0 Å². The van der Waals surface area contributed by atoms with E-state index in [2.05, 4.69) is 5.32 Å². The summed E-state index contributed by atoms with van der Waals surface area (Å²) in [4.78, 5) is 27.1. The van der Waals surface area contributed by atoms with E-state index in [9.17, 15) is 9.59 Å². The molecule has 4 saturated carbocycles. The van der Waals surface area contributed by atoms with Crippen LogP contribution in [-0.4, -0.2) is 25.1 Å². The van der Waals surface area contributed by atoms with Crippen molar-refractivity contribution in [3.63, 3.8) is 0 Å². The SMILES string of the molecule is CCOC(=O)c1c(NC(=O)C23CC4CC(CC(C4)C2)C3)sc2c1CCOC2. The molecule has 27 heavy (non-hydrogen) atoms. The lowest BCUT2D eigenvalue weighted by molar-refractivity contribution is -0.140. The van der Waals surface area contributed by atoms with E-state index < -0.39 is 0 Å². The van der Waals surface area contributed by atoms with Crippen molar-refractivity contribution in [1.82, 2.24) is 0 Å². The van der Waals surface area contributed by atoms with Crippen LogP contribution in [0.4, 0.5) is 5.00 Å². The second-order valence-corrected chi connectivity index (χ2v) is 9.99. The maximum atomic E-state index is 13.4. The number of esters is 1. The van der Waals surface area contributed by atoms with Crippen molar-refractivity contribution in [1.29, 1.82) is 0 Å². The zero-order valence-corrected chi connectivity index (χ0v) is 16.7. The van der Waals surface area contributed by atoms with Crippen molar-refractivity contribution in [2.24, 2.45) is 23.2 Å². The Morgan fingerprint density at radius 1 is 1.19 bits per heavy atom. The molecule has 146 valence electrons. The summed E-state index contributed by atoms with van der Waals surface area (Å²) in [5.41, 5.74) is 1.35. The van der Waals surface area contributed by atoms with Crippen LogP contribution in [0.2, 0.25) is 0 Å². The van der Waals surface area contributed by atoms with Crippen molar-refractivity contribution < 1.29 is 19.1 Å². The van der Waals surface area contributed by atoms with Crippen LogP contribution in [0.25, 0.3) is 0 Å². The first kappa shape index (κ1) is 17.7. The van der Waals surface area contributed by atoms with Gasteiger partial charge in [0.05, 0.1) is 30.8 Å². The number of nitrogens with one attached hydrogen (secondary N) is 1. The number of anilines is 1. The van der Waals surface area contributed by atoms with Crippen LogP contribution in [0.5, 0.6) is 0 Å². The first-order valence-electron chi connectivity index (χ1n) is 10.3. The van der Waals surface area contributed by atoms with Gasteiger partial charge in [0.2, 0.25) is 5.91 Å². The number of carbonyl (C=O) groups is 2. The third-order valence-corrected chi connectivity index (χ3v) is 8.17. The highest BCUT2D eigenvalue weighted by molar-refractivity contribution is 7.17. The maximum Gasteiger partial charge on any atom is 0.341 e. The molecule has 0 spiro atoms. The quantitative estimate of drug-likeness (QED) is 0.786. The van der Waals surface area contributed by atoms with Crippen LogP contribution in [0.1, 0.15) is 66.2 Å². The molecule has 1 aromatic heterocycles. The first-order valence-corrected chi connectivity index (χ1v) is 11.1. The van der Waals surface area contributed by atoms with Crippen LogP contribution in [0, 0.1) is 23.2 Å². The zero-order valence-electron chi connectivity index (χ0n) is 15.8. The Bertz CT molecular complexity index is 748. The number of carbonyl (C=O) groups excluding carboxylic acids is 2. The molecule has 4 aliphatic carbocycles. The molecule has 2 heterocycles. The molecule has 5 aliphatic rings. The Labute approximate surface area is 163 Å². The van der Waals surface area contributed by atoms with Gasteiger partial charge in [-0.3, -0.25) is 4.79 Å². The van der Waals surface area contributed by atoms with Crippen LogP contribution >= 0.6 is 11.3 Å². The Morgan fingerprint density at radius 2 is 1.85 bits per heavy atom. The van der Waals surface area contributed by atoms with Gasteiger partial charge in [0, 0.05) is 4.88 Å². The van der Waals surface area contributed by atoms with Gasteiger partial charge >= 0.3 is 5.97 Å². The van der Waals surface area contributed by atoms with Gasteiger partial charge in [-0.1, -0.05) is 0 Å². The number of thiophene rings is 1. The predicted octanol–water partition coefficient (Wildman–Crippen LogP) is 4.15. The minimum absolute atomic E-state index is 0.131. The average Bonchev–Trinajstić information content (AvgIpc) is 2.98. The Balaban J connectivity index is 1.44. The number of ether oxygens (including phenoxy) is 2. The molecular formula is C21H27NO4S. The summed E-state index contributed by atoms with van der Waals surface area (Å²) in [5.74, 6) is 1.97. The van der Waals surface area contributed by atoms with Crippen molar-refractivity contribution in [3.05, 3.63) is 16.0 Å². The van der Waals surface area contributed by atoms with Gasteiger partial charge < -0.3 is 14.8 Å². The molecule has 4 fully saturated rings. The Morgan fingerprint density at radius 3 is 2.48 bits per heavy atom. The first-order chi connectivity index (χ1) is 13.1. The summed E-state index contributed by atoms with van der Waals surface area (Å²) < 4.78 is 10.9. The van der Waals surface area contributed by atoms with E-state index in [0.29, 0.717) is 36.8 Å². The molecule has 0 atom stereocenters. The standard InChI is InChI=1S/C21H27NO4S/c1-2-26-19(23)17-15-3-4-25-11-16(15)27-18(17)22-20(24)21-8-12-5-13(9-21)7-14(6-12)10-21/h12-14H,2-11H2,1H3,(H,22,24). The summed E-state index contributed by atoms with van der Waals surface area (Å²) in [6, 6.07) is 0. The monoisotopic (exact) mass is 389 g/mol. The summed E-state index contributed by atoms with van der Waals surface area (Å²) in [6.45, 7) is 3.27. The fourth-order valence-electron chi connectivity index (χ4n) is 6.36. The summed E-state index contributed by atoms with van der Waals surface area (Å²) >= 11 is 1.49. The Kier molecular flexibility index (Phi) is 4.32.